The van der Waals surface area contributed by atoms with Crippen LogP contribution in [0.3, 0.4) is 0 Å². The summed E-state index contributed by atoms with van der Waals surface area (Å²) >= 11 is 5.16. The summed E-state index contributed by atoms with van der Waals surface area (Å²) in [6.45, 7) is 4.72. The highest BCUT2D eigenvalue weighted by Crippen LogP contribution is 2.27. The van der Waals surface area contributed by atoms with E-state index in [1.165, 1.54) is 0 Å². The van der Waals surface area contributed by atoms with Crippen molar-refractivity contribution in [1.82, 2.24) is 10.7 Å². The number of thiocarbonyl (C=S) groups is 1. The van der Waals surface area contributed by atoms with E-state index < -0.39 is 0 Å². The van der Waals surface area contributed by atoms with Crippen LogP contribution in [0.4, 0.5) is 0 Å². The number of ether oxygens (including phenoxy) is 1. The van der Waals surface area contributed by atoms with Gasteiger partial charge in [-0.05, 0) is 34.6 Å². The van der Waals surface area contributed by atoms with Crippen LogP contribution in [0.5, 0.6) is 5.75 Å². The maximum Gasteiger partial charge on any atom is 0.187 e. The Kier molecular flexibility index (Phi) is 6.55. The van der Waals surface area contributed by atoms with Crippen LogP contribution in [-0.2, 0) is 6.61 Å². The molecule has 4 nitrogen and oxygen atoms in total. The van der Waals surface area contributed by atoms with Gasteiger partial charge in [0.25, 0.3) is 0 Å². The third kappa shape index (κ3) is 5.15. The number of rotatable bonds is 7. The Bertz CT molecular complexity index is 954. The number of hydrogen-bond donors (Lipinski definition) is 2. The van der Waals surface area contributed by atoms with Gasteiger partial charge in [0.1, 0.15) is 12.4 Å². The molecule has 0 spiro atoms. The molecular formula is C22H21N3OS. The van der Waals surface area contributed by atoms with Crippen LogP contribution in [-0.4, -0.2) is 17.9 Å². The standard InChI is InChI=1S/C22H21N3OS/c1-2-14-23-22(27)25-24-15-20-19-11-7-6-10-18(19)12-13-21(20)26-16-17-8-4-3-5-9-17/h2-13,15H,1,14,16H2,(H2,23,25,27). The molecule has 0 aromatic heterocycles. The van der Waals surface area contributed by atoms with E-state index in [0.29, 0.717) is 18.3 Å². The molecule has 0 fully saturated rings. The molecule has 2 N–H and O–H groups in total. The Balaban J connectivity index is 1.83. The largest absolute Gasteiger partial charge is 0.488 e. The second-order valence-electron chi connectivity index (χ2n) is 5.84. The molecule has 0 saturated heterocycles. The summed E-state index contributed by atoms with van der Waals surface area (Å²) in [5.74, 6) is 0.771. The lowest BCUT2D eigenvalue weighted by atomic mass is 10.0. The van der Waals surface area contributed by atoms with Gasteiger partial charge in [0.05, 0.1) is 6.21 Å². The summed E-state index contributed by atoms with van der Waals surface area (Å²) in [5, 5.41) is 9.88. The molecule has 3 aromatic carbocycles. The summed E-state index contributed by atoms with van der Waals surface area (Å²) < 4.78 is 6.07. The van der Waals surface area contributed by atoms with Gasteiger partial charge in [0, 0.05) is 12.1 Å². The Hall–Kier alpha value is -3.18. The van der Waals surface area contributed by atoms with E-state index >= 15 is 0 Å². The number of fused-ring (bicyclic) bond motifs is 1. The third-order valence-electron chi connectivity index (χ3n) is 3.93. The fraction of sp³-hybridized carbons (Fsp3) is 0.0909. The van der Waals surface area contributed by atoms with Crippen LogP contribution < -0.4 is 15.5 Å². The number of nitrogens with one attached hydrogen (secondary N) is 2. The highest BCUT2D eigenvalue weighted by atomic mass is 32.1. The highest BCUT2D eigenvalue weighted by molar-refractivity contribution is 7.80. The van der Waals surface area contributed by atoms with Gasteiger partial charge in [-0.1, -0.05) is 66.7 Å². The second kappa shape index (κ2) is 9.50. The Morgan fingerprint density at radius 2 is 1.81 bits per heavy atom. The molecule has 27 heavy (non-hydrogen) atoms. The van der Waals surface area contributed by atoms with E-state index in [1.807, 2.05) is 48.5 Å². The van der Waals surface area contributed by atoms with Gasteiger partial charge in [0.2, 0.25) is 0 Å². The lowest BCUT2D eigenvalue weighted by Crippen LogP contribution is -2.31. The first-order valence-corrected chi connectivity index (χ1v) is 9.05. The molecule has 0 atom stereocenters. The molecule has 0 radical (unpaired) electrons. The minimum atomic E-state index is 0.443. The van der Waals surface area contributed by atoms with E-state index in [1.54, 1.807) is 12.3 Å². The van der Waals surface area contributed by atoms with E-state index in [0.717, 1.165) is 27.6 Å². The monoisotopic (exact) mass is 375 g/mol. The van der Waals surface area contributed by atoms with Crippen molar-refractivity contribution in [3.05, 3.63) is 90.5 Å². The van der Waals surface area contributed by atoms with Gasteiger partial charge in [-0.15, -0.1) is 6.58 Å². The fourth-order valence-electron chi connectivity index (χ4n) is 2.63. The predicted octanol–water partition coefficient (Wildman–Crippen LogP) is 4.40. The van der Waals surface area contributed by atoms with E-state index in [4.69, 9.17) is 17.0 Å². The topological polar surface area (TPSA) is 45.7 Å². The molecule has 5 heteroatoms. The Morgan fingerprint density at radius 3 is 2.63 bits per heavy atom. The third-order valence-corrected chi connectivity index (χ3v) is 4.17. The average Bonchev–Trinajstić information content (AvgIpc) is 2.72. The Morgan fingerprint density at radius 1 is 1.04 bits per heavy atom. The van der Waals surface area contributed by atoms with E-state index in [9.17, 15) is 0 Å². The normalized spacial score (nSPS) is 10.7. The van der Waals surface area contributed by atoms with Gasteiger partial charge < -0.3 is 10.1 Å². The van der Waals surface area contributed by atoms with Crippen LogP contribution in [0.2, 0.25) is 0 Å². The van der Waals surface area contributed by atoms with Gasteiger partial charge >= 0.3 is 0 Å². The number of hydrazone groups is 1. The van der Waals surface area contributed by atoms with Crippen LogP contribution in [0.1, 0.15) is 11.1 Å². The van der Waals surface area contributed by atoms with Gasteiger partial charge in [-0.25, -0.2) is 0 Å². The maximum absolute atomic E-state index is 6.07. The van der Waals surface area contributed by atoms with Gasteiger partial charge in [-0.2, -0.15) is 5.10 Å². The second-order valence-corrected chi connectivity index (χ2v) is 6.25. The lowest BCUT2D eigenvalue weighted by molar-refractivity contribution is 0.306. The first-order valence-electron chi connectivity index (χ1n) is 8.64. The number of nitrogens with zero attached hydrogens (tertiary/aromatic N) is 1. The zero-order valence-electron chi connectivity index (χ0n) is 14.9. The molecule has 0 heterocycles. The van der Waals surface area contributed by atoms with Crippen molar-refractivity contribution in [3.63, 3.8) is 0 Å². The summed E-state index contributed by atoms with van der Waals surface area (Å²) in [6, 6.07) is 22.2. The molecule has 0 amide bonds. The van der Waals surface area contributed by atoms with Crippen molar-refractivity contribution in [2.75, 3.05) is 6.54 Å². The van der Waals surface area contributed by atoms with Crippen LogP contribution in [0.15, 0.2) is 84.5 Å². The SMILES string of the molecule is C=CCNC(=S)NN=Cc1c(OCc2ccccc2)ccc2ccccc12. The Labute approximate surface area is 164 Å². The summed E-state index contributed by atoms with van der Waals surface area (Å²) in [6.07, 6.45) is 3.47. The van der Waals surface area contributed by atoms with Crippen LogP contribution >= 0.6 is 12.2 Å². The van der Waals surface area contributed by atoms with Crippen molar-refractivity contribution in [1.29, 1.82) is 0 Å². The van der Waals surface area contributed by atoms with Crippen LogP contribution in [0, 0.1) is 0 Å². The number of benzene rings is 3. The van der Waals surface area contributed by atoms with E-state index in [-0.39, 0.29) is 0 Å². The number of hydrogen-bond acceptors (Lipinski definition) is 3. The molecule has 0 aliphatic heterocycles. The van der Waals surface area contributed by atoms with Gasteiger partial charge in [-0.3, -0.25) is 5.43 Å². The molecule has 0 unspecified atom stereocenters. The molecule has 136 valence electrons. The fourth-order valence-corrected chi connectivity index (χ4v) is 2.77. The molecular weight excluding hydrogens is 354 g/mol. The quantitative estimate of drug-likeness (QED) is 0.278. The predicted molar refractivity (Wildman–Crippen MR) is 116 cm³/mol. The molecule has 0 saturated carbocycles. The molecule has 0 aliphatic carbocycles. The zero-order valence-corrected chi connectivity index (χ0v) is 15.7. The minimum Gasteiger partial charge on any atom is -0.488 e. The first-order chi connectivity index (χ1) is 13.3. The van der Waals surface area contributed by atoms with Gasteiger partial charge in [0.15, 0.2) is 5.11 Å². The first kappa shape index (κ1) is 18.6. The lowest BCUT2D eigenvalue weighted by Gasteiger charge is -2.12. The summed E-state index contributed by atoms with van der Waals surface area (Å²) in [4.78, 5) is 0. The van der Waals surface area contributed by atoms with Crippen LogP contribution in [0.25, 0.3) is 10.8 Å². The highest BCUT2D eigenvalue weighted by Gasteiger charge is 2.07. The van der Waals surface area contributed by atoms with Crippen molar-refractivity contribution >= 4 is 34.3 Å². The maximum atomic E-state index is 6.07. The van der Waals surface area contributed by atoms with Crippen molar-refractivity contribution in [3.8, 4) is 5.75 Å². The zero-order chi connectivity index (χ0) is 18.9. The van der Waals surface area contributed by atoms with E-state index in [2.05, 4.69) is 40.6 Å². The van der Waals surface area contributed by atoms with Crippen molar-refractivity contribution in [2.45, 2.75) is 6.61 Å². The molecule has 0 bridgehead atoms. The van der Waals surface area contributed by atoms with Crippen molar-refractivity contribution in [2.24, 2.45) is 5.10 Å². The summed E-state index contributed by atoms with van der Waals surface area (Å²) in [7, 11) is 0. The minimum absolute atomic E-state index is 0.443. The van der Waals surface area contributed by atoms with Crippen molar-refractivity contribution < 1.29 is 4.74 Å². The summed E-state index contributed by atoms with van der Waals surface area (Å²) in [5.41, 5.74) is 4.84. The molecule has 3 rings (SSSR count). The molecule has 3 aromatic rings. The average molecular weight is 375 g/mol. The molecule has 0 aliphatic rings. The smallest absolute Gasteiger partial charge is 0.187 e.